The van der Waals surface area contributed by atoms with Gasteiger partial charge in [0.05, 0.1) is 22.8 Å². The topological polar surface area (TPSA) is 16.1 Å². The highest BCUT2D eigenvalue weighted by Gasteiger charge is 2.35. The molecule has 3 heterocycles. The van der Waals surface area contributed by atoms with Crippen LogP contribution in [0.4, 0.5) is 17.1 Å². The number of anilines is 3. The van der Waals surface area contributed by atoms with Crippen molar-refractivity contribution in [1.82, 2.24) is 4.98 Å². The molecule has 0 N–H and O–H groups in total. The number of pyridine rings is 1. The van der Waals surface area contributed by atoms with Crippen LogP contribution >= 0.6 is 0 Å². The minimum absolute atomic E-state index is 0.911. The molecule has 0 saturated heterocycles. The van der Waals surface area contributed by atoms with E-state index in [2.05, 4.69) is 83.8 Å². The predicted octanol–water partition coefficient (Wildman–Crippen LogP) is 7.50. The molecule has 164 valence electrons. The van der Waals surface area contributed by atoms with Crippen LogP contribution in [0.25, 0.3) is 22.3 Å². The summed E-state index contributed by atoms with van der Waals surface area (Å²) in [4.78, 5) is 7.25. The zero-order valence-corrected chi connectivity index (χ0v) is 19.3. The van der Waals surface area contributed by atoms with Crippen molar-refractivity contribution in [2.45, 2.75) is 25.7 Å². The summed E-state index contributed by atoms with van der Waals surface area (Å²) in [6.07, 6.45) is 5.93. The molecular formula is C33H22N2. The molecule has 2 aliphatic carbocycles. The van der Waals surface area contributed by atoms with E-state index >= 15 is 0 Å². The van der Waals surface area contributed by atoms with Crippen LogP contribution in [0.2, 0.25) is 0 Å². The number of benzene rings is 4. The van der Waals surface area contributed by atoms with E-state index in [0.717, 1.165) is 25.7 Å². The SMILES string of the molecule is c1ccc2c(c1)Cc1cc3c(cc1-2)-c1ccc2c(c1C3)Cc1cccc3c1N2c1cccnc1C3. The Hall–Kier alpha value is -4.17. The van der Waals surface area contributed by atoms with Crippen molar-refractivity contribution in [3.63, 3.8) is 0 Å². The molecule has 4 aromatic carbocycles. The highest BCUT2D eigenvalue weighted by Crippen LogP contribution is 2.54. The van der Waals surface area contributed by atoms with Gasteiger partial charge in [0, 0.05) is 19.0 Å². The van der Waals surface area contributed by atoms with E-state index in [-0.39, 0.29) is 0 Å². The highest BCUT2D eigenvalue weighted by molar-refractivity contribution is 5.93. The molecule has 0 amide bonds. The van der Waals surface area contributed by atoms with Crippen LogP contribution in [-0.4, -0.2) is 4.98 Å². The van der Waals surface area contributed by atoms with Crippen LogP contribution in [-0.2, 0) is 25.7 Å². The Bertz CT molecular complexity index is 1760. The molecular weight excluding hydrogens is 424 g/mol. The molecule has 0 saturated carbocycles. The molecule has 0 bridgehead atoms. The molecule has 35 heavy (non-hydrogen) atoms. The standard InChI is InChI=1S/C33H22N2/c1-2-8-24-19(5-1)13-22-14-23-16-28-25(27(23)18-26(22)24)10-11-31-29(28)15-20-6-3-7-21-17-30-32(9-4-12-34-30)35(31)33(20)21/h1-12,14,18H,13,15-17H2. The van der Waals surface area contributed by atoms with Crippen LogP contribution in [0, 0.1) is 0 Å². The molecule has 0 radical (unpaired) electrons. The maximum Gasteiger partial charge on any atom is 0.0688 e. The number of aromatic nitrogens is 1. The van der Waals surface area contributed by atoms with E-state index in [9.17, 15) is 0 Å². The van der Waals surface area contributed by atoms with Gasteiger partial charge in [-0.2, -0.15) is 0 Å². The lowest BCUT2D eigenvalue weighted by atomic mass is 9.85. The largest absolute Gasteiger partial charge is 0.308 e. The number of fused-ring (bicyclic) bond motifs is 11. The number of para-hydroxylation sites is 1. The molecule has 0 unspecified atom stereocenters. The Morgan fingerprint density at radius 2 is 1.31 bits per heavy atom. The first-order chi connectivity index (χ1) is 17.3. The van der Waals surface area contributed by atoms with E-state index in [0.29, 0.717) is 0 Å². The molecule has 5 aromatic rings. The number of hydrogen-bond donors (Lipinski definition) is 0. The second-order valence-corrected chi connectivity index (χ2v) is 10.3. The van der Waals surface area contributed by atoms with Crippen LogP contribution in [0.3, 0.4) is 0 Å². The third-order valence-corrected chi connectivity index (χ3v) is 8.58. The van der Waals surface area contributed by atoms with Crippen molar-refractivity contribution in [1.29, 1.82) is 0 Å². The van der Waals surface area contributed by atoms with E-state index in [4.69, 9.17) is 4.98 Å². The minimum Gasteiger partial charge on any atom is -0.308 e. The minimum atomic E-state index is 0.911. The summed E-state index contributed by atoms with van der Waals surface area (Å²) in [7, 11) is 0. The number of rotatable bonds is 0. The second-order valence-electron chi connectivity index (χ2n) is 10.3. The maximum absolute atomic E-state index is 4.76. The van der Waals surface area contributed by atoms with Gasteiger partial charge >= 0.3 is 0 Å². The summed E-state index contributed by atoms with van der Waals surface area (Å²) in [6, 6.07) is 29.7. The van der Waals surface area contributed by atoms with Gasteiger partial charge in [-0.3, -0.25) is 4.98 Å². The molecule has 2 aliphatic heterocycles. The second kappa shape index (κ2) is 6.28. The van der Waals surface area contributed by atoms with Crippen LogP contribution in [0.5, 0.6) is 0 Å². The van der Waals surface area contributed by atoms with Crippen molar-refractivity contribution in [3.05, 3.63) is 130 Å². The number of nitrogens with zero attached hydrogens (tertiary/aromatic N) is 2. The van der Waals surface area contributed by atoms with Gasteiger partial charge in [-0.15, -0.1) is 0 Å². The zero-order chi connectivity index (χ0) is 22.7. The Morgan fingerprint density at radius 1 is 0.514 bits per heavy atom. The molecule has 9 rings (SSSR count). The molecule has 0 atom stereocenters. The molecule has 1 aromatic heterocycles. The molecule has 4 aliphatic rings. The Balaban J connectivity index is 1.26. The van der Waals surface area contributed by atoms with Crippen LogP contribution < -0.4 is 4.90 Å². The summed E-state index contributed by atoms with van der Waals surface area (Å²) in [5.74, 6) is 0. The average Bonchev–Trinajstić information content (AvgIpc) is 3.44. The Labute approximate surface area is 204 Å². The van der Waals surface area contributed by atoms with E-state index < -0.39 is 0 Å². The van der Waals surface area contributed by atoms with E-state index in [1.165, 1.54) is 84.0 Å². The van der Waals surface area contributed by atoms with Crippen molar-refractivity contribution in [2.75, 3.05) is 4.90 Å². The van der Waals surface area contributed by atoms with Crippen molar-refractivity contribution < 1.29 is 0 Å². The van der Waals surface area contributed by atoms with Gasteiger partial charge in [-0.25, -0.2) is 0 Å². The smallest absolute Gasteiger partial charge is 0.0688 e. The van der Waals surface area contributed by atoms with Gasteiger partial charge in [-0.05, 0) is 98.3 Å². The summed E-state index contributed by atoms with van der Waals surface area (Å²) < 4.78 is 0. The average molecular weight is 447 g/mol. The number of hydrogen-bond acceptors (Lipinski definition) is 2. The van der Waals surface area contributed by atoms with Gasteiger partial charge < -0.3 is 4.90 Å². The van der Waals surface area contributed by atoms with Crippen molar-refractivity contribution in [2.24, 2.45) is 0 Å². The lowest BCUT2D eigenvalue weighted by molar-refractivity contribution is 0.963. The van der Waals surface area contributed by atoms with Crippen molar-refractivity contribution >= 4 is 17.1 Å². The third kappa shape index (κ3) is 2.27. The van der Waals surface area contributed by atoms with Gasteiger partial charge in [-0.1, -0.05) is 54.6 Å². The lowest BCUT2D eigenvalue weighted by Gasteiger charge is -2.39. The van der Waals surface area contributed by atoms with Gasteiger partial charge in [0.25, 0.3) is 0 Å². The van der Waals surface area contributed by atoms with Gasteiger partial charge in [0.2, 0.25) is 0 Å². The summed E-state index contributed by atoms with van der Waals surface area (Å²) >= 11 is 0. The van der Waals surface area contributed by atoms with Crippen LogP contribution in [0.1, 0.15) is 44.6 Å². The predicted molar refractivity (Wildman–Crippen MR) is 141 cm³/mol. The monoisotopic (exact) mass is 446 g/mol. The van der Waals surface area contributed by atoms with Gasteiger partial charge in [0.1, 0.15) is 0 Å². The first-order valence-corrected chi connectivity index (χ1v) is 12.6. The van der Waals surface area contributed by atoms with Crippen molar-refractivity contribution in [3.8, 4) is 22.3 Å². The fraction of sp³-hybridized carbons (Fsp3) is 0.121. The first kappa shape index (κ1) is 18.2. The summed E-state index contributed by atoms with van der Waals surface area (Å²) in [5.41, 5.74) is 21.1. The fourth-order valence-corrected chi connectivity index (χ4v) is 7.09. The summed E-state index contributed by atoms with van der Waals surface area (Å²) in [6.45, 7) is 0. The molecule has 2 nitrogen and oxygen atoms in total. The highest BCUT2D eigenvalue weighted by atomic mass is 15.2. The summed E-state index contributed by atoms with van der Waals surface area (Å²) in [5, 5.41) is 0. The Kier molecular flexibility index (Phi) is 3.27. The van der Waals surface area contributed by atoms with Crippen LogP contribution in [0.15, 0.2) is 85.1 Å². The molecule has 0 fully saturated rings. The third-order valence-electron chi connectivity index (χ3n) is 8.58. The van der Waals surface area contributed by atoms with E-state index in [1.807, 2.05) is 6.20 Å². The normalized spacial score (nSPS) is 14.9. The van der Waals surface area contributed by atoms with Gasteiger partial charge in [0.15, 0.2) is 0 Å². The van der Waals surface area contributed by atoms with E-state index in [1.54, 1.807) is 0 Å². The lowest BCUT2D eigenvalue weighted by Crippen LogP contribution is -2.25. The maximum atomic E-state index is 4.76. The Morgan fingerprint density at radius 3 is 2.29 bits per heavy atom. The fourth-order valence-electron chi connectivity index (χ4n) is 7.09. The first-order valence-electron chi connectivity index (χ1n) is 12.6. The molecule has 2 heteroatoms. The quantitative estimate of drug-likeness (QED) is 0.240. The zero-order valence-electron chi connectivity index (χ0n) is 19.3. The molecule has 0 spiro atoms.